The van der Waals surface area contributed by atoms with Crippen LogP contribution >= 0.6 is 11.3 Å². The van der Waals surface area contributed by atoms with Crippen LogP contribution in [0.15, 0.2) is 59.7 Å². The largest absolute Gasteiger partial charge is 0.332 e. The van der Waals surface area contributed by atoms with Crippen LogP contribution < -0.4 is 5.56 Å². The number of amides is 1. The summed E-state index contributed by atoms with van der Waals surface area (Å²) in [6.45, 7) is 0.688. The monoisotopic (exact) mass is 390 g/mol. The number of rotatable bonds is 3. The maximum atomic E-state index is 13.0. The van der Waals surface area contributed by atoms with Crippen molar-refractivity contribution in [1.29, 1.82) is 0 Å². The van der Waals surface area contributed by atoms with Crippen molar-refractivity contribution in [2.75, 3.05) is 6.54 Å². The van der Waals surface area contributed by atoms with Gasteiger partial charge in [0.25, 0.3) is 5.56 Å². The van der Waals surface area contributed by atoms with Gasteiger partial charge in [-0.1, -0.05) is 24.3 Å². The molecule has 0 N–H and O–H groups in total. The van der Waals surface area contributed by atoms with E-state index in [0.29, 0.717) is 17.4 Å². The van der Waals surface area contributed by atoms with Crippen molar-refractivity contribution in [2.24, 2.45) is 0 Å². The van der Waals surface area contributed by atoms with Crippen molar-refractivity contribution in [3.63, 3.8) is 0 Å². The van der Waals surface area contributed by atoms with Gasteiger partial charge in [-0.3, -0.25) is 14.2 Å². The summed E-state index contributed by atoms with van der Waals surface area (Å²) in [6, 6.07) is 15.2. The summed E-state index contributed by atoms with van der Waals surface area (Å²) in [5, 5.41) is 1.50. The Bertz CT molecular complexity index is 1210. The van der Waals surface area contributed by atoms with Crippen molar-refractivity contribution in [3.05, 3.63) is 70.2 Å². The summed E-state index contributed by atoms with van der Waals surface area (Å²) < 4.78 is 2.53. The molecule has 1 unspecified atom stereocenters. The highest BCUT2D eigenvalue weighted by molar-refractivity contribution is 7.18. The first-order valence-electron chi connectivity index (χ1n) is 9.30. The van der Waals surface area contributed by atoms with Gasteiger partial charge in [0.2, 0.25) is 5.91 Å². The lowest BCUT2D eigenvalue weighted by Crippen LogP contribution is -2.36. The quantitative estimate of drug-likeness (QED) is 0.538. The van der Waals surface area contributed by atoms with E-state index in [1.807, 2.05) is 29.2 Å². The summed E-state index contributed by atoms with van der Waals surface area (Å²) in [7, 11) is 0. The second kappa shape index (κ2) is 6.83. The SMILES string of the molecule is O=C(Cn1cnc2ccccc2c1=O)N1CCCC1c1nc2ccccc2s1. The number of thiazole rings is 1. The van der Waals surface area contributed by atoms with E-state index >= 15 is 0 Å². The zero-order valence-corrected chi connectivity index (χ0v) is 15.9. The number of likely N-dealkylation sites (tertiary alicyclic amines) is 1. The van der Waals surface area contributed by atoms with Gasteiger partial charge in [0.05, 0.1) is 33.5 Å². The normalized spacial score (nSPS) is 16.9. The molecular formula is C21H18N4O2S. The fourth-order valence-corrected chi connectivity index (χ4v) is 4.93. The molecule has 6 nitrogen and oxygen atoms in total. The number of carbonyl (C=O) groups is 1. The van der Waals surface area contributed by atoms with E-state index < -0.39 is 0 Å². The first-order chi connectivity index (χ1) is 13.7. The van der Waals surface area contributed by atoms with Crippen molar-refractivity contribution in [2.45, 2.75) is 25.4 Å². The molecule has 0 spiro atoms. The maximum Gasteiger partial charge on any atom is 0.261 e. The molecule has 1 fully saturated rings. The van der Waals surface area contributed by atoms with Gasteiger partial charge in [-0.2, -0.15) is 0 Å². The van der Waals surface area contributed by atoms with Crippen LogP contribution in [0.4, 0.5) is 0 Å². The molecule has 0 bridgehead atoms. The van der Waals surface area contributed by atoms with Crippen molar-refractivity contribution < 1.29 is 4.79 Å². The van der Waals surface area contributed by atoms with Gasteiger partial charge in [0, 0.05) is 6.54 Å². The highest BCUT2D eigenvalue weighted by Crippen LogP contribution is 2.36. The number of hydrogen-bond donors (Lipinski definition) is 0. The molecule has 7 heteroatoms. The van der Waals surface area contributed by atoms with Gasteiger partial charge in [0.15, 0.2) is 0 Å². The highest BCUT2D eigenvalue weighted by atomic mass is 32.1. The van der Waals surface area contributed by atoms with Crippen molar-refractivity contribution in [3.8, 4) is 0 Å². The van der Waals surface area contributed by atoms with Crippen LogP contribution in [0, 0.1) is 0 Å². The van der Waals surface area contributed by atoms with Crippen LogP contribution in [0.3, 0.4) is 0 Å². The zero-order chi connectivity index (χ0) is 19.1. The Labute approximate surface area is 165 Å². The molecule has 0 radical (unpaired) electrons. The molecule has 4 aromatic rings. The molecule has 5 rings (SSSR count). The molecule has 2 aromatic heterocycles. The van der Waals surface area contributed by atoms with Gasteiger partial charge in [0.1, 0.15) is 11.6 Å². The summed E-state index contributed by atoms with van der Waals surface area (Å²) in [4.78, 5) is 36.6. The molecule has 1 atom stereocenters. The summed E-state index contributed by atoms with van der Waals surface area (Å²) >= 11 is 1.64. The number of para-hydroxylation sites is 2. The predicted octanol–water partition coefficient (Wildman–Crippen LogP) is 3.37. The second-order valence-corrected chi connectivity index (χ2v) is 8.02. The smallest absolute Gasteiger partial charge is 0.261 e. The maximum absolute atomic E-state index is 13.0. The Balaban J connectivity index is 1.43. The van der Waals surface area contributed by atoms with Crippen LogP contribution in [0.25, 0.3) is 21.1 Å². The van der Waals surface area contributed by atoms with Crippen LogP contribution in [0.5, 0.6) is 0 Å². The van der Waals surface area contributed by atoms with Crippen molar-refractivity contribution >= 4 is 38.4 Å². The molecule has 0 saturated carbocycles. The van der Waals surface area contributed by atoms with Crippen LogP contribution in [-0.4, -0.2) is 31.9 Å². The van der Waals surface area contributed by atoms with Crippen LogP contribution in [0.2, 0.25) is 0 Å². The minimum absolute atomic E-state index is 0.00192. The number of nitrogens with zero attached hydrogens (tertiary/aromatic N) is 4. The molecule has 1 saturated heterocycles. The molecular weight excluding hydrogens is 372 g/mol. The van der Waals surface area contributed by atoms with E-state index in [1.54, 1.807) is 29.5 Å². The lowest BCUT2D eigenvalue weighted by molar-refractivity contribution is -0.132. The fraction of sp³-hybridized carbons (Fsp3) is 0.238. The molecule has 1 aliphatic heterocycles. The summed E-state index contributed by atoms with van der Waals surface area (Å²) in [5.74, 6) is -0.0686. The molecule has 1 amide bonds. The van der Waals surface area contributed by atoms with Gasteiger partial charge < -0.3 is 4.90 Å². The standard InChI is InChI=1S/C21H18N4O2S/c26-19(12-24-13-22-15-7-2-1-6-14(15)21(24)27)25-11-5-9-17(25)20-23-16-8-3-4-10-18(16)28-20/h1-4,6-8,10,13,17H,5,9,11-12H2. The van der Waals surface area contributed by atoms with Crippen LogP contribution in [0.1, 0.15) is 23.9 Å². The van der Waals surface area contributed by atoms with Crippen LogP contribution in [-0.2, 0) is 11.3 Å². The van der Waals surface area contributed by atoms with E-state index in [1.165, 1.54) is 10.9 Å². The van der Waals surface area contributed by atoms with Gasteiger partial charge >= 0.3 is 0 Å². The fourth-order valence-electron chi connectivity index (χ4n) is 3.81. The third kappa shape index (κ3) is 2.88. The average Bonchev–Trinajstić information content (AvgIpc) is 3.37. The molecule has 2 aromatic carbocycles. The Morgan fingerprint density at radius 3 is 2.75 bits per heavy atom. The molecule has 3 heterocycles. The lowest BCUT2D eigenvalue weighted by Gasteiger charge is -2.23. The average molecular weight is 390 g/mol. The predicted molar refractivity (Wildman–Crippen MR) is 109 cm³/mol. The van der Waals surface area contributed by atoms with Gasteiger partial charge in [-0.05, 0) is 37.1 Å². The summed E-state index contributed by atoms with van der Waals surface area (Å²) in [6.07, 6.45) is 3.30. The minimum Gasteiger partial charge on any atom is -0.332 e. The molecule has 1 aliphatic rings. The number of aromatic nitrogens is 3. The minimum atomic E-state index is -0.185. The summed E-state index contributed by atoms with van der Waals surface area (Å²) in [5.41, 5.74) is 1.43. The number of carbonyl (C=O) groups excluding carboxylic acids is 1. The molecule has 28 heavy (non-hydrogen) atoms. The van der Waals surface area contributed by atoms with Gasteiger partial charge in [-0.15, -0.1) is 11.3 Å². The van der Waals surface area contributed by atoms with E-state index in [2.05, 4.69) is 11.1 Å². The van der Waals surface area contributed by atoms with E-state index in [0.717, 1.165) is 28.1 Å². The molecule has 140 valence electrons. The Morgan fingerprint density at radius 2 is 1.89 bits per heavy atom. The number of hydrogen-bond acceptors (Lipinski definition) is 5. The lowest BCUT2D eigenvalue weighted by atomic mass is 10.2. The number of benzene rings is 2. The Hall–Kier alpha value is -3.06. The molecule has 0 aliphatic carbocycles. The van der Waals surface area contributed by atoms with E-state index in [4.69, 9.17) is 4.98 Å². The first-order valence-corrected chi connectivity index (χ1v) is 10.1. The second-order valence-electron chi connectivity index (χ2n) is 6.96. The van der Waals surface area contributed by atoms with E-state index in [-0.39, 0.29) is 24.1 Å². The van der Waals surface area contributed by atoms with E-state index in [9.17, 15) is 9.59 Å². The third-order valence-electron chi connectivity index (χ3n) is 5.21. The zero-order valence-electron chi connectivity index (χ0n) is 15.1. The first kappa shape index (κ1) is 17.1. The highest BCUT2D eigenvalue weighted by Gasteiger charge is 2.32. The Morgan fingerprint density at radius 1 is 1.11 bits per heavy atom. The third-order valence-corrected chi connectivity index (χ3v) is 6.34. The topological polar surface area (TPSA) is 68.1 Å². The Kier molecular flexibility index (Phi) is 4.16. The van der Waals surface area contributed by atoms with Crippen molar-refractivity contribution in [1.82, 2.24) is 19.4 Å². The number of fused-ring (bicyclic) bond motifs is 2. The van der Waals surface area contributed by atoms with Gasteiger partial charge in [-0.25, -0.2) is 9.97 Å².